The normalized spacial score (nSPS) is 14.6. The van der Waals surface area contributed by atoms with E-state index in [4.69, 9.17) is 5.53 Å². The van der Waals surface area contributed by atoms with Gasteiger partial charge < -0.3 is 10.5 Å². The average Bonchev–Trinajstić information content (AvgIpc) is 3.00. The highest BCUT2D eigenvalue weighted by atomic mass is 15.8. The Morgan fingerprint density at radius 3 is 1.48 bits per heavy atom. The molecule has 0 aliphatic carbocycles. The largest absolute Gasteiger partial charge is 0.362 e. The first-order chi connectivity index (χ1) is 14.6. The molecule has 1 aliphatic heterocycles. The van der Waals surface area contributed by atoms with Crippen LogP contribution in [0.2, 0.25) is 0 Å². The van der Waals surface area contributed by atoms with E-state index >= 15 is 0 Å². The number of anilines is 1. The molecule has 0 aromatic heterocycles. The Bertz CT molecular complexity index is 956. The zero-order valence-electron chi connectivity index (χ0n) is 20.8. The molecule has 166 valence electrons. The SMILES string of the molecule is C=C1C(C)=[N+](c2c(C(C)C)cccc2C(C)C)[N-]N1c1c(C(C)C)cccc1C(C)C. The van der Waals surface area contributed by atoms with Crippen LogP contribution in [0, 0.1) is 0 Å². The third-order valence-corrected chi connectivity index (χ3v) is 6.28. The summed E-state index contributed by atoms with van der Waals surface area (Å²) in [6.45, 7) is 24.6. The van der Waals surface area contributed by atoms with Crippen molar-refractivity contribution in [3.63, 3.8) is 0 Å². The summed E-state index contributed by atoms with van der Waals surface area (Å²) in [5, 5.41) is 2.08. The fraction of sp³-hybridized carbons (Fsp3) is 0.464. The van der Waals surface area contributed by atoms with Crippen LogP contribution >= 0.6 is 0 Å². The highest BCUT2D eigenvalue weighted by Crippen LogP contribution is 2.44. The number of nitrogens with zero attached hydrogens (tertiary/aromatic N) is 3. The van der Waals surface area contributed by atoms with Crippen LogP contribution in [0.15, 0.2) is 48.7 Å². The first kappa shape index (κ1) is 23.1. The smallest absolute Gasteiger partial charge is 0.209 e. The minimum absolute atomic E-state index is 0.403. The highest BCUT2D eigenvalue weighted by molar-refractivity contribution is 6.01. The van der Waals surface area contributed by atoms with Gasteiger partial charge >= 0.3 is 0 Å². The van der Waals surface area contributed by atoms with Gasteiger partial charge in [-0.1, -0.05) is 98.4 Å². The molecule has 0 saturated carbocycles. The highest BCUT2D eigenvalue weighted by Gasteiger charge is 2.31. The lowest BCUT2D eigenvalue weighted by Crippen LogP contribution is -2.19. The molecule has 0 unspecified atom stereocenters. The van der Waals surface area contributed by atoms with Crippen molar-refractivity contribution in [1.29, 1.82) is 0 Å². The van der Waals surface area contributed by atoms with Gasteiger partial charge in [0.05, 0.1) is 5.70 Å². The number of allylic oxidation sites excluding steroid dienone is 1. The van der Waals surface area contributed by atoms with Crippen molar-refractivity contribution < 1.29 is 4.68 Å². The van der Waals surface area contributed by atoms with Gasteiger partial charge in [0.25, 0.3) is 0 Å². The summed E-state index contributed by atoms with van der Waals surface area (Å²) in [7, 11) is 0. The molecule has 2 aromatic carbocycles. The van der Waals surface area contributed by atoms with Gasteiger partial charge in [-0.25, -0.2) is 4.68 Å². The lowest BCUT2D eigenvalue weighted by Gasteiger charge is -2.34. The zero-order valence-corrected chi connectivity index (χ0v) is 20.8. The van der Waals surface area contributed by atoms with Crippen molar-refractivity contribution in [1.82, 2.24) is 0 Å². The molecule has 3 nitrogen and oxygen atoms in total. The van der Waals surface area contributed by atoms with Crippen molar-refractivity contribution in [2.24, 2.45) is 0 Å². The van der Waals surface area contributed by atoms with Crippen molar-refractivity contribution in [3.8, 4) is 0 Å². The Balaban J connectivity index is 2.20. The summed E-state index contributed by atoms with van der Waals surface area (Å²) in [5.74, 6) is 1.63. The van der Waals surface area contributed by atoms with Crippen LogP contribution in [-0.4, -0.2) is 10.4 Å². The number of benzene rings is 2. The first-order valence-corrected chi connectivity index (χ1v) is 11.7. The molecular formula is C28H39N3. The Kier molecular flexibility index (Phi) is 6.64. The molecule has 3 rings (SSSR count). The number of hydrogen-bond acceptors (Lipinski definition) is 1. The van der Waals surface area contributed by atoms with Gasteiger partial charge in [-0.3, -0.25) is 0 Å². The zero-order chi connectivity index (χ0) is 23.0. The third kappa shape index (κ3) is 4.15. The van der Waals surface area contributed by atoms with Gasteiger partial charge in [0.15, 0.2) is 5.71 Å². The number of rotatable bonds is 6. The van der Waals surface area contributed by atoms with Gasteiger partial charge in [-0.2, -0.15) is 0 Å². The summed E-state index contributed by atoms with van der Waals surface area (Å²) in [4.78, 5) is 0. The average molecular weight is 418 g/mol. The van der Waals surface area contributed by atoms with Gasteiger partial charge in [0.1, 0.15) is 0 Å². The van der Waals surface area contributed by atoms with Crippen LogP contribution < -0.4 is 5.01 Å². The minimum Gasteiger partial charge on any atom is -0.362 e. The topological polar surface area (TPSA) is 20.4 Å². The van der Waals surface area contributed by atoms with Crippen molar-refractivity contribution >= 4 is 17.1 Å². The molecule has 31 heavy (non-hydrogen) atoms. The molecule has 1 heterocycles. The summed E-state index contributed by atoms with van der Waals surface area (Å²) in [5.41, 5.74) is 14.9. The van der Waals surface area contributed by atoms with Crippen molar-refractivity contribution in [2.45, 2.75) is 86.0 Å². The van der Waals surface area contributed by atoms with E-state index < -0.39 is 0 Å². The Morgan fingerprint density at radius 1 is 0.710 bits per heavy atom. The van der Waals surface area contributed by atoms with Crippen LogP contribution in [0.25, 0.3) is 5.53 Å². The molecule has 0 spiro atoms. The molecule has 0 radical (unpaired) electrons. The molecular weight excluding hydrogens is 378 g/mol. The standard InChI is InChI=1S/C28H39N3/c1-17(2)23-13-11-14-24(18(3)4)27(23)30-21(9)22(10)31(29-30)28-25(19(5)6)15-12-16-26(28)20(7)8/h11-20H,9H2,1-8,10H3. The molecule has 0 bridgehead atoms. The van der Waals surface area contributed by atoms with Crippen LogP contribution in [0.5, 0.6) is 0 Å². The predicted octanol–water partition coefficient (Wildman–Crippen LogP) is 8.52. The van der Waals surface area contributed by atoms with Gasteiger partial charge in [0, 0.05) is 23.7 Å². The van der Waals surface area contributed by atoms with Crippen LogP contribution in [0.1, 0.15) is 108 Å². The molecule has 0 N–H and O–H groups in total. The monoisotopic (exact) mass is 417 g/mol. The Morgan fingerprint density at radius 2 is 1.10 bits per heavy atom. The van der Waals surface area contributed by atoms with Gasteiger partial charge in [0.2, 0.25) is 5.69 Å². The molecule has 2 aromatic rings. The fourth-order valence-corrected chi connectivity index (χ4v) is 4.39. The maximum Gasteiger partial charge on any atom is 0.209 e. The molecule has 1 aliphatic rings. The fourth-order valence-electron chi connectivity index (χ4n) is 4.39. The van der Waals surface area contributed by atoms with E-state index in [1.165, 1.54) is 33.6 Å². The second kappa shape index (κ2) is 8.90. The summed E-state index contributed by atoms with van der Waals surface area (Å²) in [6.07, 6.45) is 0. The van der Waals surface area contributed by atoms with E-state index in [-0.39, 0.29) is 0 Å². The molecule has 0 saturated heterocycles. The van der Waals surface area contributed by atoms with E-state index in [9.17, 15) is 0 Å². The van der Waals surface area contributed by atoms with E-state index in [1.54, 1.807) is 0 Å². The van der Waals surface area contributed by atoms with E-state index in [0.717, 1.165) is 11.4 Å². The molecule has 0 fully saturated rings. The summed E-state index contributed by atoms with van der Waals surface area (Å²) in [6, 6.07) is 13.3. The van der Waals surface area contributed by atoms with Crippen molar-refractivity contribution in [3.05, 3.63) is 76.5 Å². The quantitative estimate of drug-likeness (QED) is 0.431. The number of hydrogen-bond donors (Lipinski definition) is 0. The first-order valence-electron chi connectivity index (χ1n) is 11.7. The van der Waals surface area contributed by atoms with Crippen LogP contribution in [0.4, 0.5) is 11.4 Å². The number of para-hydroxylation sites is 2. The lowest BCUT2D eigenvalue weighted by atomic mass is 9.92. The second-order valence-electron chi connectivity index (χ2n) is 9.93. The summed E-state index contributed by atoms with van der Waals surface area (Å²) < 4.78 is 2.13. The van der Waals surface area contributed by atoms with Crippen molar-refractivity contribution in [2.75, 3.05) is 5.01 Å². The van der Waals surface area contributed by atoms with E-state index in [0.29, 0.717) is 23.7 Å². The van der Waals surface area contributed by atoms with Crippen LogP contribution in [-0.2, 0) is 0 Å². The summed E-state index contributed by atoms with van der Waals surface area (Å²) >= 11 is 0. The molecule has 0 amide bonds. The maximum absolute atomic E-state index is 5.19. The van der Waals surface area contributed by atoms with Gasteiger partial charge in [-0.15, -0.1) is 0 Å². The lowest BCUT2D eigenvalue weighted by molar-refractivity contribution is -0.380. The molecule has 0 atom stereocenters. The van der Waals surface area contributed by atoms with E-state index in [2.05, 4.69) is 115 Å². The molecule has 3 heteroatoms. The predicted molar refractivity (Wildman–Crippen MR) is 135 cm³/mol. The van der Waals surface area contributed by atoms with Crippen LogP contribution in [0.3, 0.4) is 0 Å². The third-order valence-electron chi connectivity index (χ3n) is 6.28. The minimum atomic E-state index is 0.403. The Hall–Kier alpha value is -2.55. The van der Waals surface area contributed by atoms with E-state index in [1.807, 2.05) is 0 Å². The van der Waals surface area contributed by atoms with Gasteiger partial charge in [-0.05, 0) is 34.8 Å². The maximum atomic E-state index is 5.19. The Labute approximate surface area is 189 Å². The second-order valence-corrected chi connectivity index (χ2v) is 9.93.